The Morgan fingerprint density at radius 2 is 1.81 bits per heavy atom. The van der Waals surface area contributed by atoms with Gasteiger partial charge in [-0.2, -0.15) is 0 Å². The minimum Gasteiger partial charge on any atom is -0.340 e. The van der Waals surface area contributed by atoms with E-state index >= 15 is 0 Å². The first kappa shape index (κ1) is 17.7. The van der Waals surface area contributed by atoms with Gasteiger partial charge in [0.15, 0.2) is 5.78 Å². The highest BCUT2D eigenvalue weighted by Gasteiger charge is 2.18. The molecule has 5 heteroatoms. The summed E-state index contributed by atoms with van der Waals surface area (Å²) < 4.78 is 0. The largest absolute Gasteiger partial charge is 0.340 e. The van der Waals surface area contributed by atoms with Gasteiger partial charge >= 0.3 is 0 Å². The van der Waals surface area contributed by atoms with Crippen molar-refractivity contribution in [3.8, 4) is 0 Å². The molecule has 0 unspecified atom stereocenters. The molecule has 116 valence electrons. The average Bonchev–Trinajstić information content (AvgIpc) is 2.47. The van der Waals surface area contributed by atoms with Gasteiger partial charge in [-0.25, -0.2) is 0 Å². The number of amides is 1. The van der Waals surface area contributed by atoms with E-state index in [-0.39, 0.29) is 24.1 Å². The first-order chi connectivity index (χ1) is 9.58. The molecule has 1 saturated heterocycles. The Hall–Kier alpha value is -1.39. The molecule has 1 N–H and O–H groups in total. The normalized spacial score (nSPS) is 14.5. The van der Waals surface area contributed by atoms with Crippen LogP contribution in [-0.4, -0.2) is 42.8 Å². The summed E-state index contributed by atoms with van der Waals surface area (Å²) in [6.07, 6.45) is 0.610. The average molecular weight is 311 g/mol. The number of carbonyl (C=O) groups excluding carboxylic acids is 2. The summed E-state index contributed by atoms with van der Waals surface area (Å²) >= 11 is 0. The molecule has 0 aromatic heterocycles. The molecule has 2 rings (SSSR count). The number of hydrogen-bond donors (Lipinski definition) is 1. The molecule has 0 spiro atoms. The van der Waals surface area contributed by atoms with Crippen molar-refractivity contribution in [2.45, 2.75) is 26.7 Å². The van der Waals surface area contributed by atoms with Gasteiger partial charge in [0, 0.05) is 44.6 Å². The van der Waals surface area contributed by atoms with Crippen molar-refractivity contribution >= 4 is 24.1 Å². The molecule has 0 atom stereocenters. The fourth-order valence-electron chi connectivity index (χ4n) is 2.46. The van der Waals surface area contributed by atoms with Crippen LogP contribution in [0.15, 0.2) is 18.2 Å². The number of piperazine rings is 1. The Balaban J connectivity index is 0.00000220. The lowest BCUT2D eigenvalue weighted by atomic mass is 9.99. The molecule has 1 aromatic carbocycles. The quantitative estimate of drug-likeness (QED) is 0.867. The molecular weight excluding hydrogens is 288 g/mol. The van der Waals surface area contributed by atoms with E-state index < -0.39 is 0 Å². The van der Waals surface area contributed by atoms with Gasteiger partial charge in [-0.1, -0.05) is 17.7 Å². The van der Waals surface area contributed by atoms with Crippen LogP contribution in [0.4, 0.5) is 0 Å². The summed E-state index contributed by atoms with van der Waals surface area (Å²) in [4.78, 5) is 26.1. The number of benzene rings is 1. The third-order valence-electron chi connectivity index (χ3n) is 3.73. The second-order valence-electron chi connectivity index (χ2n) is 5.37. The molecule has 1 amide bonds. The number of carbonyl (C=O) groups is 2. The second-order valence-corrected chi connectivity index (χ2v) is 5.37. The van der Waals surface area contributed by atoms with E-state index in [0.29, 0.717) is 12.8 Å². The third kappa shape index (κ3) is 4.83. The van der Waals surface area contributed by atoms with E-state index in [1.165, 1.54) is 0 Å². The van der Waals surface area contributed by atoms with Crippen LogP contribution < -0.4 is 5.32 Å². The maximum atomic E-state index is 12.2. The van der Waals surface area contributed by atoms with Gasteiger partial charge in [-0.05, 0) is 25.5 Å². The molecule has 1 heterocycles. The molecule has 4 nitrogen and oxygen atoms in total. The van der Waals surface area contributed by atoms with Crippen molar-refractivity contribution in [3.63, 3.8) is 0 Å². The molecule has 0 bridgehead atoms. The molecule has 21 heavy (non-hydrogen) atoms. The van der Waals surface area contributed by atoms with Crippen LogP contribution in [0.3, 0.4) is 0 Å². The zero-order valence-corrected chi connectivity index (χ0v) is 13.5. The van der Waals surface area contributed by atoms with Gasteiger partial charge in [0.1, 0.15) is 0 Å². The predicted octanol–water partition coefficient (Wildman–Crippen LogP) is 2.12. The maximum Gasteiger partial charge on any atom is 0.223 e. The molecule has 1 aliphatic heterocycles. The second kappa shape index (κ2) is 8.15. The van der Waals surface area contributed by atoms with Crippen molar-refractivity contribution in [2.75, 3.05) is 26.2 Å². The Labute approximate surface area is 132 Å². The standard InChI is InChI=1S/C16H22N2O2.ClH/c1-12-3-4-13(2)14(11-12)15(19)5-6-16(20)18-9-7-17-8-10-18;/h3-4,11,17H,5-10H2,1-2H3;1H. The lowest BCUT2D eigenvalue weighted by molar-refractivity contribution is -0.131. The first-order valence-corrected chi connectivity index (χ1v) is 7.17. The van der Waals surface area contributed by atoms with Gasteiger partial charge < -0.3 is 10.2 Å². The number of aryl methyl sites for hydroxylation is 2. The van der Waals surface area contributed by atoms with Crippen LogP contribution in [0.2, 0.25) is 0 Å². The highest BCUT2D eigenvalue weighted by Crippen LogP contribution is 2.14. The van der Waals surface area contributed by atoms with Crippen molar-refractivity contribution in [1.82, 2.24) is 10.2 Å². The minimum atomic E-state index is 0. The number of halogens is 1. The molecule has 0 saturated carbocycles. The lowest BCUT2D eigenvalue weighted by Gasteiger charge is -2.27. The molecule has 0 aliphatic carbocycles. The van der Waals surface area contributed by atoms with E-state index in [0.717, 1.165) is 42.9 Å². The highest BCUT2D eigenvalue weighted by molar-refractivity contribution is 5.99. The number of nitrogens with one attached hydrogen (secondary N) is 1. The summed E-state index contributed by atoms with van der Waals surface area (Å²) in [5, 5.41) is 3.21. The Morgan fingerprint density at radius 3 is 2.48 bits per heavy atom. The SMILES string of the molecule is Cc1ccc(C)c(C(=O)CCC(=O)N2CCNCC2)c1.Cl. The molecular formula is C16H23ClN2O2. The fraction of sp³-hybridized carbons (Fsp3) is 0.500. The van der Waals surface area contributed by atoms with Crippen molar-refractivity contribution in [2.24, 2.45) is 0 Å². The zero-order chi connectivity index (χ0) is 14.5. The number of hydrogen-bond acceptors (Lipinski definition) is 3. The topological polar surface area (TPSA) is 49.4 Å². The Morgan fingerprint density at radius 1 is 1.14 bits per heavy atom. The van der Waals surface area contributed by atoms with Crippen molar-refractivity contribution in [1.29, 1.82) is 0 Å². The minimum absolute atomic E-state index is 0. The van der Waals surface area contributed by atoms with E-state index in [2.05, 4.69) is 5.32 Å². The summed E-state index contributed by atoms with van der Waals surface area (Å²) in [7, 11) is 0. The van der Waals surface area contributed by atoms with Crippen LogP contribution in [0.1, 0.15) is 34.3 Å². The van der Waals surface area contributed by atoms with E-state index in [1.807, 2.05) is 36.9 Å². The van der Waals surface area contributed by atoms with Crippen LogP contribution in [-0.2, 0) is 4.79 Å². The predicted molar refractivity (Wildman–Crippen MR) is 86.2 cm³/mol. The Kier molecular flexibility index (Phi) is 6.85. The Bertz CT molecular complexity index is 511. The van der Waals surface area contributed by atoms with E-state index in [4.69, 9.17) is 0 Å². The number of nitrogens with zero attached hydrogens (tertiary/aromatic N) is 1. The maximum absolute atomic E-state index is 12.2. The van der Waals surface area contributed by atoms with Gasteiger partial charge in [-0.15, -0.1) is 12.4 Å². The van der Waals surface area contributed by atoms with Crippen LogP contribution in [0.5, 0.6) is 0 Å². The lowest BCUT2D eigenvalue weighted by Crippen LogP contribution is -2.46. The number of ketones is 1. The third-order valence-corrected chi connectivity index (χ3v) is 3.73. The van der Waals surface area contributed by atoms with Gasteiger partial charge in [-0.3, -0.25) is 9.59 Å². The smallest absolute Gasteiger partial charge is 0.223 e. The van der Waals surface area contributed by atoms with Crippen molar-refractivity contribution in [3.05, 3.63) is 34.9 Å². The summed E-state index contributed by atoms with van der Waals surface area (Å²) in [6, 6.07) is 5.87. The highest BCUT2D eigenvalue weighted by atomic mass is 35.5. The molecule has 1 fully saturated rings. The van der Waals surface area contributed by atoms with Gasteiger partial charge in [0.25, 0.3) is 0 Å². The summed E-state index contributed by atoms with van der Waals surface area (Å²) in [5.41, 5.74) is 2.81. The first-order valence-electron chi connectivity index (χ1n) is 7.17. The van der Waals surface area contributed by atoms with Gasteiger partial charge in [0.2, 0.25) is 5.91 Å². The summed E-state index contributed by atoms with van der Waals surface area (Å²) in [5.74, 6) is 0.153. The fourth-order valence-corrected chi connectivity index (χ4v) is 2.46. The van der Waals surface area contributed by atoms with Crippen molar-refractivity contribution < 1.29 is 9.59 Å². The molecule has 1 aliphatic rings. The molecule has 0 radical (unpaired) electrons. The number of rotatable bonds is 4. The van der Waals surface area contributed by atoms with Crippen LogP contribution in [0.25, 0.3) is 0 Å². The van der Waals surface area contributed by atoms with Crippen LogP contribution >= 0.6 is 12.4 Å². The summed E-state index contributed by atoms with van der Waals surface area (Å²) in [6.45, 7) is 7.09. The van der Waals surface area contributed by atoms with E-state index in [1.54, 1.807) is 0 Å². The monoisotopic (exact) mass is 310 g/mol. The van der Waals surface area contributed by atoms with Crippen LogP contribution in [0, 0.1) is 13.8 Å². The van der Waals surface area contributed by atoms with Gasteiger partial charge in [0.05, 0.1) is 0 Å². The molecule has 1 aromatic rings. The van der Waals surface area contributed by atoms with E-state index in [9.17, 15) is 9.59 Å². The number of Topliss-reactive ketones (excluding diaryl/α,β-unsaturated/α-hetero) is 1. The zero-order valence-electron chi connectivity index (χ0n) is 12.6.